The van der Waals surface area contributed by atoms with Gasteiger partial charge in [0.05, 0.1) is 0 Å². The zero-order valence-corrected chi connectivity index (χ0v) is 13.0. The number of nitrogens with zero attached hydrogens (tertiary/aromatic N) is 4. The van der Waals surface area contributed by atoms with Crippen LogP contribution in [0.1, 0.15) is 50.9 Å². The molecule has 5 nitrogen and oxygen atoms in total. The van der Waals surface area contributed by atoms with E-state index < -0.39 is 18.3 Å². The van der Waals surface area contributed by atoms with Crippen molar-refractivity contribution in [2.45, 2.75) is 51.5 Å². The van der Waals surface area contributed by atoms with Gasteiger partial charge in [-0.05, 0) is 33.1 Å². The Morgan fingerprint density at radius 3 is 2.55 bits per heavy atom. The van der Waals surface area contributed by atoms with Gasteiger partial charge in [-0.25, -0.2) is 8.78 Å². The number of hydrogen-bond donors (Lipinski definition) is 0. The highest BCUT2D eigenvalue weighted by molar-refractivity contribution is 5.81. The van der Waals surface area contributed by atoms with Crippen LogP contribution in [0.3, 0.4) is 0 Å². The fraction of sp³-hybridized carbons (Fsp3) is 0.800. The normalized spacial score (nSPS) is 26.0. The summed E-state index contributed by atoms with van der Waals surface area (Å²) in [6, 6.07) is 0.308. The van der Waals surface area contributed by atoms with Crippen molar-refractivity contribution in [2.24, 2.45) is 11.8 Å². The lowest BCUT2D eigenvalue weighted by Gasteiger charge is -2.32. The Hall–Kier alpha value is -1.53. The fourth-order valence-corrected chi connectivity index (χ4v) is 3.31. The van der Waals surface area contributed by atoms with Crippen molar-refractivity contribution in [3.05, 3.63) is 12.2 Å². The van der Waals surface area contributed by atoms with E-state index >= 15 is 0 Å². The number of carbonyl (C=O) groups is 1. The molecule has 1 aromatic rings. The van der Waals surface area contributed by atoms with Crippen LogP contribution in [-0.2, 0) is 4.79 Å². The molecule has 0 radical (unpaired) electrons. The van der Waals surface area contributed by atoms with Crippen molar-refractivity contribution in [1.82, 2.24) is 19.7 Å². The van der Waals surface area contributed by atoms with Gasteiger partial charge in [0, 0.05) is 36.9 Å². The van der Waals surface area contributed by atoms with Gasteiger partial charge in [-0.1, -0.05) is 0 Å². The molecule has 1 aromatic heterocycles. The van der Waals surface area contributed by atoms with Gasteiger partial charge < -0.3 is 9.47 Å². The standard InChI is InChI=1S/C15H22F2N4O/c1-9(2)21-8-18-19-14(21)10-3-5-20(6-4-10)15(22)12-7-11(12)13(16)17/h8-13H,3-7H2,1-2H3/t11-,12-/m0/s1. The van der Waals surface area contributed by atoms with Gasteiger partial charge in [0.1, 0.15) is 12.2 Å². The number of aromatic nitrogens is 3. The van der Waals surface area contributed by atoms with E-state index in [1.807, 2.05) is 0 Å². The summed E-state index contributed by atoms with van der Waals surface area (Å²) in [7, 11) is 0. The molecule has 2 fully saturated rings. The van der Waals surface area contributed by atoms with Crippen LogP contribution >= 0.6 is 0 Å². The molecular weight excluding hydrogens is 290 g/mol. The number of hydrogen-bond acceptors (Lipinski definition) is 3. The first-order valence-electron chi connectivity index (χ1n) is 7.95. The number of rotatable bonds is 4. The predicted molar refractivity (Wildman–Crippen MR) is 76.6 cm³/mol. The minimum Gasteiger partial charge on any atom is -0.342 e. The maximum Gasteiger partial charge on any atom is 0.242 e. The summed E-state index contributed by atoms with van der Waals surface area (Å²) in [5.74, 6) is 0.0113. The highest BCUT2D eigenvalue weighted by Gasteiger charge is 2.50. The Labute approximate surface area is 128 Å². The molecule has 1 amide bonds. The van der Waals surface area contributed by atoms with Crippen LogP contribution in [0.25, 0.3) is 0 Å². The highest BCUT2D eigenvalue weighted by atomic mass is 19.3. The summed E-state index contributed by atoms with van der Waals surface area (Å²) in [6.45, 7) is 5.42. The molecule has 1 aliphatic heterocycles. The maximum absolute atomic E-state index is 12.6. The van der Waals surface area contributed by atoms with E-state index in [-0.39, 0.29) is 5.91 Å². The maximum atomic E-state index is 12.6. The van der Waals surface area contributed by atoms with E-state index in [1.54, 1.807) is 11.2 Å². The van der Waals surface area contributed by atoms with Crippen LogP contribution in [0.15, 0.2) is 6.33 Å². The molecule has 122 valence electrons. The van der Waals surface area contributed by atoms with Crippen molar-refractivity contribution in [1.29, 1.82) is 0 Å². The molecule has 0 spiro atoms. The van der Waals surface area contributed by atoms with Gasteiger partial charge in [-0.15, -0.1) is 10.2 Å². The molecule has 0 bridgehead atoms. The van der Waals surface area contributed by atoms with Gasteiger partial charge in [0.15, 0.2) is 0 Å². The zero-order chi connectivity index (χ0) is 15.9. The molecule has 1 saturated carbocycles. The van der Waals surface area contributed by atoms with Gasteiger partial charge in [0.25, 0.3) is 0 Å². The second-order valence-electron chi connectivity index (χ2n) is 6.63. The predicted octanol–water partition coefficient (Wildman–Crippen LogP) is 2.47. The van der Waals surface area contributed by atoms with Crippen molar-refractivity contribution in [3.8, 4) is 0 Å². The molecule has 0 N–H and O–H groups in total. The van der Waals surface area contributed by atoms with E-state index in [0.717, 1.165) is 18.7 Å². The lowest BCUT2D eigenvalue weighted by atomic mass is 9.95. The Kier molecular flexibility index (Phi) is 4.14. The molecule has 1 aliphatic carbocycles. The number of halogens is 2. The quantitative estimate of drug-likeness (QED) is 0.858. The zero-order valence-electron chi connectivity index (χ0n) is 13.0. The lowest BCUT2D eigenvalue weighted by molar-refractivity contribution is -0.134. The van der Waals surface area contributed by atoms with E-state index in [2.05, 4.69) is 28.6 Å². The smallest absolute Gasteiger partial charge is 0.242 e. The summed E-state index contributed by atoms with van der Waals surface area (Å²) in [6.07, 6.45) is 1.37. The lowest BCUT2D eigenvalue weighted by Crippen LogP contribution is -2.39. The van der Waals surface area contributed by atoms with Crippen LogP contribution in [-0.4, -0.2) is 45.1 Å². The topological polar surface area (TPSA) is 51.0 Å². The Balaban J connectivity index is 1.57. The minimum absolute atomic E-state index is 0.0888. The Morgan fingerprint density at radius 1 is 1.32 bits per heavy atom. The van der Waals surface area contributed by atoms with Gasteiger partial charge in [-0.2, -0.15) is 0 Å². The van der Waals surface area contributed by atoms with Crippen LogP contribution in [0.4, 0.5) is 8.78 Å². The summed E-state index contributed by atoms with van der Waals surface area (Å²) >= 11 is 0. The fourth-order valence-electron chi connectivity index (χ4n) is 3.31. The van der Waals surface area contributed by atoms with E-state index in [1.165, 1.54) is 0 Å². The van der Waals surface area contributed by atoms with Crippen molar-refractivity contribution in [2.75, 3.05) is 13.1 Å². The average molecular weight is 312 g/mol. The molecule has 1 saturated heterocycles. The molecule has 2 aliphatic rings. The summed E-state index contributed by atoms with van der Waals surface area (Å²) in [5, 5.41) is 8.21. The van der Waals surface area contributed by atoms with Gasteiger partial charge in [0.2, 0.25) is 12.3 Å². The number of alkyl halides is 2. The summed E-state index contributed by atoms with van der Waals surface area (Å²) < 4.78 is 27.2. The Bertz CT molecular complexity index is 537. The second-order valence-corrected chi connectivity index (χ2v) is 6.63. The van der Waals surface area contributed by atoms with Crippen molar-refractivity contribution in [3.63, 3.8) is 0 Å². The molecule has 2 atom stereocenters. The van der Waals surface area contributed by atoms with Crippen LogP contribution in [0.5, 0.6) is 0 Å². The third-order valence-electron chi connectivity index (χ3n) is 4.81. The highest BCUT2D eigenvalue weighted by Crippen LogP contribution is 2.45. The first-order chi connectivity index (χ1) is 10.5. The van der Waals surface area contributed by atoms with Gasteiger partial charge in [-0.3, -0.25) is 4.79 Å². The molecule has 7 heteroatoms. The Morgan fingerprint density at radius 2 is 2.00 bits per heavy atom. The van der Waals surface area contributed by atoms with E-state index in [0.29, 0.717) is 31.5 Å². The first-order valence-corrected chi connectivity index (χ1v) is 7.95. The second kappa shape index (κ2) is 5.93. The minimum atomic E-state index is -2.36. The summed E-state index contributed by atoms with van der Waals surface area (Å²) in [5.41, 5.74) is 0. The monoisotopic (exact) mass is 312 g/mol. The van der Waals surface area contributed by atoms with Crippen LogP contribution < -0.4 is 0 Å². The average Bonchev–Trinajstić information content (AvgIpc) is 3.15. The number of carbonyl (C=O) groups excluding carboxylic acids is 1. The largest absolute Gasteiger partial charge is 0.342 e. The van der Waals surface area contributed by atoms with Gasteiger partial charge >= 0.3 is 0 Å². The number of piperidine rings is 1. The third kappa shape index (κ3) is 2.85. The van der Waals surface area contributed by atoms with E-state index in [9.17, 15) is 13.6 Å². The number of amides is 1. The molecule has 3 rings (SSSR count). The number of likely N-dealkylation sites (tertiary alicyclic amines) is 1. The van der Waals surface area contributed by atoms with Crippen LogP contribution in [0.2, 0.25) is 0 Å². The molecule has 22 heavy (non-hydrogen) atoms. The first kappa shape index (κ1) is 15.4. The third-order valence-corrected chi connectivity index (χ3v) is 4.81. The molecule has 0 unspecified atom stereocenters. The SMILES string of the molecule is CC(C)n1cnnc1C1CCN(C(=O)[C@H]2C[C@@H]2C(F)F)CC1. The van der Waals surface area contributed by atoms with Crippen molar-refractivity contribution >= 4 is 5.91 Å². The molecular formula is C15H22F2N4O. The van der Waals surface area contributed by atoms with Crippen molar-refractivity contribution < 1.29 is 13.6 Å². The van der Waals surface area contributed by atoms with E-state index in [4.69, 9.17) is 0 Å². The summed E-state index contributed by atoms with van der Waals surface area (Å²) in [4.78, 5) is 14.0. The molecule has 0 aromatic carbocycles. The van der Waals surface area contributed by atoms with Crippen LogP contribution in [0, 0.1) is 11.8 Å². The molecule has 2 heterocycles.